The number of nitrogens with one attached hydrogen (secondary N) is 1. The number of carbonyl (C=O) groups is 3. The Kier molecular flexibility index (Phi) is 6.13. The van der Waals surface area contributed by atoms with E-state index in [1.165, 1.54) is 17.3 Å². The lowest BCUT2D eigenvalue weighted by molar-refractivity contribution is -0.123. The molecule has 0 saturated carbocycles. The highest BCUT2D eigenvalue weighted by Crippen LogP contribution is 2.30. The summed E-state index contributed by atoms with van der Waals surface area (Å²) >= 11 is 1.32. The number of hydrogen-bond donors (Lipinski definition) is 2. The lowest BCUT2D eigenvalue weighted by Gasteiger charge is -2.09. The molecule has 0 atom stereocenters. The van der Waals surface area contributed by atoms with Gasteiger partial charge in [-0.15, -0.1) is 0 Å². The number of benzene rings is 1. The van der Waals surface area contributed by atoms with Crippen LogP contribution in [0.25, 0.3) is 0 Å². The van der Waals surface area contributed by atoms with Crippen molar-refractivity contribution >= 4 is 29.7 Å². The minimum Gasteiger partial charge on any atom is -0.452 e. The molecule has 1 aromatic heterocycles. The molecular weight excluding hydrogens is 342 g/mol. The van der Waals surface area contributed by atoms with Crippen molar-refractivity contribution in [2.24, 2.45) is 5.73 Å². The minimum absolute atomic E-state index is 0.234. The van der Waals surface area contributed by atoms with Crippen LogP contribution in [0.15, 0.2) is 46.5 Å². The fraction of sp³-hybridized carbons (Fsp3) is 0.176. The van der Waals surface area contributed by atoms with E-state index in [1.807, 2.05) is 37.4 Å². The largest absolute Gasteiger partial charge is 0.452 e. The molecule has 0 aliphatic heterocycles. The molecule has 3 N–H and O–H groups in total. The lowest BCUT2D eigenvalue weighted by atomic mass is 10.1. The van der Waals surface area contributed by atoms with Crippen molar-refractivity contribution in [3.8, 4) is 0 Å². The third-order valence-corrected chi connectivity index (χ3v) is 4.29. The number of aryl methyl sites for hydroxylation is 2. The van der Waals surface area contributed by atoms with E-state index in [2.05, 4.69) is 4.98 Å². The number of carbonyl (C=O) groups excluding carboxylic acids is 3. The summed E-state index contributed by atoms with van der Waals surface area (Å²) in [5.41, 5.74) is 7.36. The Labute approximate surface area is 149 Å². The van der Waals surface area contributed by atoms with Crippen molar-refractivity contribution in [2.75, 3.05) is 6.61 Å². The van der Waals surface area contributed by atoms with E-state index in [1.54, 1.807) is 18.3 Å². The third-order valence-electron chi connectivity index (χ3n) is 3.28. The standard InChI is InChI=1S/C17H17N3O4S/c1-10-5-6-12(8-11(10)2)25-15-13(4-3-7-19-15)16(22)24-9-14(21)20-17(18)23/h3-8H,9H2,1-2H3,(H3,18,20,21,23). The van der Waals surface area contributed by atoms with Gasteiger partial charge < -0.3 is 10.5 Å². The van der Waals surface area contributed by atoms with E-state index >= 15 is 0 Å². The SMILES string of the molecule is Cc1ccc(Sc2ncccc2C(=O)OCC(=O)NC(N)=O)cc1C. The number of rotatable bonds is 5. The molecule has 0 unspecified atom stereocenters. The summed E-state index contributed by atoms with van der Waals surface area (Å²) in [6.07, 6.45) is 1.57. The highest BCUT2D eigenvalue weighted by molar-refractivity contribution is 7.99. The molecule has 0 aliphatic carbocycles. The van der Waals surface area contributed by atoms with Crippen LogP contribution in [-0.4, -0.2) is 29.5 Å². The van der Waals surface area contributed by atoms with Crippen LogP contribution in [0.2, 0.25) is 0 Å². The zero-order valence-corrected chi connectivity index (χ0v) is 14.6. The Morgan fingerprint density at radius 3 is 2.64 bits per heavy atom. The molecule has 1 heterocycles. The predicted octanol–water partition coefficient (Wildman–Crippen LogP) is 2.20. The Balaban J connectivity index is 2.11. The van der Waals surface area contributed by atoms with Crippen LogP contribution in [0.5, 0.6) is 0 Å². The maximum absolute atomic E-state index is 12.2. The Morgan fingerprint density at radius 2 is 1.96 bits per heavy atom. The average molecular weight is 359 g/mol. The topological polar surface area (TPSA) is 111 Å². The van der Waals surface area contributed by atoms with Crippen LogP contribution in [0.4, 0.5) is 4.79 Å². The molecular formula is C17H17N3O4S. The van der Waals surface area contributed by atoms with Crippen LogP contribution in [0, 0.1) is 13.8 Å². The summed E-state index contributed by atoms with van der Waals surface area (Å²) in [4.78, 5) is 39.2. The van der Waals surface area contributed by atoms with E-state index < -0.39 is 24.5 Å². The van der Waals surface area contributed by atoms with Crippen molar-refractivity contribution in [3.05, 3.63) is 53.2 Å². The fourth-order valence-electron chi connectivity index (χ4n) is 1.90. The van der Waals surface area contributed by atoms with Crippen LogP contribution in [0.1, 0.15) is 21.5 Å². The van der Waals surface area contributed by atoms with E-state index in [0.717, 1.165) is 10.5 Å². The van der Waals surface area contributed by atoms with Gasteiger partial charge in [0.15, 0.2) is 6.61 Å². The molecule has 0 bridgehead atoms. The summed E-state index contributed by atoms with van der Waals surface area (Å²) in [5, 5.41) is 2.28. The quantitative estimate of drug-likeness (QED) is 0.792. The van der Waals surface area contributed by atoms with E-state index in [-0.39, 0.29) is 5.56 Å². The van der Waals surface area contributed by atoms with E-state index in [9.17, 15) is 14.4 Å². The first-order valence-electron chi connectivity index (χ1n) is 7.33. The number of nitrogens with zero attached hydrogens (tertiary/aromatic N) is 1. The number of urea groups is 1. The van der Waals surface area contributed by atoms with Gasteiger partial charge in [0.1, 0.15) is 5.03 Å². The minimum atomic E-state index is -1.01. The second-order valence-electron chi connectivity index (χ2n) is 5.19. The third kappa shape index (κ3) is 5.32. The maximum Gasteiger partial charge on any atom is 0.341 e. The van der Waals surface area contributed by atoms with Gasteiger partial charge in [-0.3, -0.25) is 10.1 Å². The summed E-state index contributed by atoms with van der Waals surface area (Å²) in [5.74, 6) is -1.51. The maximum atomic E-state index is 12.2. The lowest BCUT2D eigenvalue weighted by Crippen LogP contribution is -2.37. The second kappa shape index (κ2) is 8.29. The van der Waals surface area contributed by atoms with E-state index in [0.29, 0.717) is 5.03 Å². The highest BCUT2D eigenvalue weighted by atomic mass is 32.2. The van der Waals surface area contributed by atoms with Gasteiger partial charge in [-0.2, -0.15) is 0 Å². The second-order valence-corrected chi connectivity index (χ2v) is 6.26. The number of primary amides is 1. The molecule has 25 heavy (non-hydrogen) atoms. The van der Waals surface area contributed by atoms with Crippen LogP contribution in [0.3, 0.4) is 0 Å². The predicted molar refractivity (Wildman–Crippen MR) is 92.3 cm³/mol. The van der Waals surface area contributed by atoms with E-state index in [4.69, 9.17) is 10.5 Å². The fourth-order valence-corrected chi connectivity index (χ4v) is 2.87. The highest BCUT2D eigenvalue weighted by Gasteiger charge is 2.17. The number of nitrogens with two attached hydrogens (primary N) is 1. The van der Waals surface area contributed by atoms with Gasteiger partial charge in [0.05, 0.1) is 5.56 Å². The molecule has 2 rings (SSSR count). The van der Waals surface area contributed by atoms with Gasteiger partial charge in [-0.05, 0) is 49.2 Å². The summed E-state index contributed by atoms with van der Waals surface area (Å²) in [6.45, 7) is 3.42. The van der Waals surface area contributed by atoms with Crippen molar-refractivity contribution in [1.29, 1.82) is 0 Å². The Hall–Kier alpha value is -2.87. The molecule has 130 valence electrons. The summed E-state index contributed by atoms with van der Waals surface area (Å²) in [7, 11) is 0. The Bertz CT molecular complexity index is 823. The average Bonchev–Trinajstić information content (AvgIpc) is 2.56. The molecule has 0 aliphatic rings. The van der Waals surface area contributed by atoms with Gasteiger partial charge in [-0.1, -0.05) is 17.8 Å². The van der Waals surface area contributed by atoms with Gasteiger partial charge in [0, 0.05) is 11.1 Å². The van der Waals surface area contributed by atoms with Crippen LogP contribution in [-0.2, 0) is 9.53 Å². The van der Waals surface area contributed by atoms with Crippen LogP contribution < -0.4 is 11.1 Å². The van der Waals surface area contributed by atoms with Crippen molar-refractivity contribution in [1.82, 2.24) is 10.3 Å². The number of aromatic nitrogens is 1. The van der Waals surface area contributed by atoms with Gasteiger partial charge >= 0.3 is 12.0 Å². The molecule has 2 aromatic rings. The monoisotopic (exact) mass is 359 g/mol. The number of imide groups is 1. The molecule has 0 saturated heterocycles. The number of hydrogen-bond acceptors (Lipinski definition) is 6. The smallest absolute Gasteiger partial charge is 0.341 e. The molecule has 0 spiro atoms. The van der Waals surface area contributed by atoms with Crippen LogP contribution >= 0.6 is 11.8 Å². The first-order valence-corrected chi connectivity index (χ1v) is 8.15. The number of ether oxygens (including phenoxy) is 1. The normalized spacial score (nSPS) is 10.2. The molecule has 1 aromatic carbocycles. The molecule has 7 nitrogen and oxygen atoms in total. The first kappa shape index (κ1) is 18.5. The number of esters is 1. The summed E-state index contributed by atoms with van der Waals surface area (Å²) in [6, 6.07) is 8.09. The number of amides is 3. The van der Waals surface area contributed by atoms with Crippen molar-refractivity contribution in [2.45, 2.75) is 23.8 Å². The van der Waals surface area contributed by atoms with Crippen molar-refractivity contribution < 1.29 is 19.1 Å². The van der Waals surface area contributed by atoms with Gasteiger partial charge in [-0.25, -0.2) is 14.6 Å². The summed E-state index contributed by atoms with van der Waals surface area (Å²) < 4.78 is 4.90. The zero-order valence-electron chi connectivity index (χ0n) is 13.7. The Morgan fingerprint density at radius 1 is 1.20 bits per heavy atom. The first-order chi connectivity index (χ1) is 11.9. The zero-order chi connectivity index (χ0) is 18.4. The molecule has 0 fully saturated rings. The van der Waals surface area contributed by atoms with Gasteiger partial charge in [0.25, 0.3) is 5.91 Å². The molecule has 0 radical (unpaired) electrons. The van der Waals surface area contributed by atoms with Crippen molar-refractivity contribution in [3.63, 3.8) is 0 Å². The molecule has 8 heteroatoms. The number of pyridine rings is 1. The molecule has 3 amide bonds. The van der Waals surface area contributed by atoms with Gasteiger partial charge in [0.2, 0.25) is 0 Å².